The van der Waals surface area contributed by atoms with Gasteiger partial charge in [-0.3, -0.25) is 9.69 Å². The number of para-hydroxylation sites is 2. The third kappa shape index (κ3) is 6.15. The summed E-state index contributed by atoms with van der Waals surface area (Å²) in [6.45, 7) is 7.76. The Morgan fingerprint density at radius 1 is 1.00 bits per heavy atom. The summed E-state index contributed by atoms with van der Waals surface area (Å²) in [4.78, 5) is 17.7. The first kappa shape index (κ1) is 25.5. The van der Waals surface area contributed by atoms with Crippen LogP contribution in [0.15, 0.2) is 48.5 Å². The third-order valence-corrected chi connectivity index (χ3v) is 6.54. The van der Waals surface area contributed by atoms with Gasteiger partial charge in [-0.1, -0.05) is 42.8 Å². The molecular weight excluding hydrogens is 456 g/mol. The number of anilines is 1. The fraction of sp³-hybridized carbons (Fsp3) is 0.444. The molecule has 0 unspecified atom stereocenters. The quantitative estimate of drug-likeness (QED) is 0.441. The molecule has 1 N–H and O–H groups in total. The summed E-state index contributed by atoms with van der Waals surface area (Å²) in [6.07, 6.45) is 1.66. The minimum atomic E-state index is -0.160. The minimum absolute atomic E-state index is 0.160. The van der Waals surface area contributed by atoms with Gasteiger partial charge in [-0.25, -0.2) is 4.68 Å². The van der Waals surface area contributed by atoms with Crippen LogP contribution >= 0.6 is 0 Å². The molecular formula is C27H36N6O3. The maximum Gasteiger partial charge on any atom is 0.273 e. The summed E-state index contributed by atoms with van der Waals surface area (Å²) >= 11 is 0. The van der Waals surface area contributed by atoms with Crippen LogP contribution in [-0.4, -0.2) is 79.3 Å². The summed E-state index contributed by atoms with van der Waals surface area (Å²) in [5.41, 5.74) is 3.51. The van der Waals surface area contributed by atoms with Gasteiger partial charge in [-0.05, 0) is 36.2 Å². The highest BCUT2D eigenvalue weighted by molar-refractivity contribution is 5.93. The standard InChI is InChI=1S/C27H36N6O3/c1-4-7-24-26(29-30-33(24)20-21-10-12-22(35-2)13-11-21)27(34)28-14-15-31-16-18-32(19-17-31)23-8-5-6-9-25(23)36-3/h5-6,8-13H,4,7,14-20H2,1-3H3,(H,28,34). The fourth-order valence-electron chi connectivity index (χ4n) is 4.54. The lowest BCUT2D eigenvalue weighted by Gasteiger charge is -2.36. The molecule has 0 bridgehead atoms. The molecule has 3 aromatic rings. The molecule has 1 aliphatic rings. The van der Waals surface area contributed by atoms with E-state index in [0.29, 0.717) is 18.8 Å². The second-order valence-corrected chi connectivity index (χ2v) is 8.90. The molecule has 1 aromatic heterocycles. The number of ether oxygens (including phenoxy) is 2. The fourth-order valence-corrected chi connectivity index (χ4v) is 4.54. The highest BCUT2D eigenvalue weighted by atomic mass is 16.5. The number of nitrogens with one attached hydrogen (secondary N) is 1. The summed E-state index contributed by atoms with van der Waals surface area (Å²) < 4.78 is 12.6. The van der Waals surface area contributed by atoms with Gasteiger partial charge in [0, 0.05) is 39.3 Å². The van der Waals surface area contributed by atoms with Crippen LogP contribution in [0.3, 0.4) is 0 Å². The number of hydrogen-bond acceptors (Lipinski definition) is 7. The topological polar surface area (TPSA) is 84.8 Å². The Morgan fingerprint density at radius 3 is 2.44 bits per heavy atom. The maximum atomic E-state index is 13.0. The second kappa shape index (κ2) is 12.4. The van der Waals surface area contributed by atoms with Crippen molar-refractivity contribution >= 4 is 11.6 Å². The number of amides is 1. The van der Waals surface area contributed by atoms with Crippen LogP contribution in [0.4, 0.5) is 5.69 Å². The van der Waals surface area contributed by atoms with Crippen LogP contribution < -0.4 is 19.7 Å². The van der Waals surface area contributed by atoms with Crippen molar-refractivity contribution in [3.63, 3.8) is 0 Å². The molecule has 0 aliphatic carbocycles. The van der Waals surface area contributed by atoms with Crippen LogP contribution in [0.1, 0.15) is 35.1 Å². The lowest BCUT2D eigenvalue weighted by molar-refractivity contribution is 0.0941. The molecule has 4 rings (SSSR count). The Hall–Kier alpha value is -3.59. The van der Waals surface area contributed by atoms with Gasteiger partial charge >= 0.3 is 0 Å². The van der Waals surface area contributed by atoms with Gasteiger partial charge in [0.25, 0.3) is 5.91 Å². The Kier molecular flexibility index (Phi) is 8.78. The van der Waals surface area contributed by atoms with E-state index in [1.165, 1.54) is 0 Å². The highest BCUT2D eigenvalue weighted by Crippen LogP contribution is 2.28. The number of rotatable bonds is 11. The lowest BCUT2D eigenvalue weighted by atomic mass is 10.1. The first-order valence-electron chi connectivity index (χ1n) is 12.6. The minimum Gasteiger partial charge on any atom is -0.497 e. The van der Waals surface area contributed by atoms with Crippen molar-refractivity contribution in [3.8, 4) is 11.5 Å². The molecule has 2 heterocycles. The number of aromatic nitrogens is 3. The predicted molar refractivity (Wildman–Crippen MR) is 140 cm³/mol. The predicted octanol–water partition coefficient (Wildman–Crippen LogP) is 2.85. The average molecular weight is 493 g/mol. The Morgan fingerprint density at radius 2 is 1.75 bits per heavy atom. The third-order valence-electron chi connectivity index (χ3n) is 6.54. The summed E-state index contributed by atoms with van der Waals surface area (Å²) in [5, 5.41) is 11.6. The van der Waals surface area contributed by atoms with Crippen LogP contribution in [0.25, 0.3) is 0 Å². The number of nitrogens with zero attached hydrogens (tertiary/aromatic N) is 5. The van der Waals surface area contributed by atoms with E-state index in [4.69, 9.17) is 9.47 Å². The van der Waals surface area contributed by atoms with Crippen LogP contribution in [0, 0.1) is 0 Å². The van der Waals surface area contributed by atoms with Crippen LogP contribution in [0.5, 0.6) is 11.5 Å². The van der Waals surface area contributed by atoms with Crippen molar-refractivity contribution < 1.29 is 14.3 Å². The molecule has 1 amide bonds. The SMILES string of the molecule is CCCc1c(C(=O)NCCN2CCN(c3ccccc3OC)CC2)nnn1Cc1ccc(OC)cc1. The number of carbonyl (C=O) groups is 1. The number of hydrogen-bond donors (Lipinski definition) is 1. The van der Waals surface area contributed by atoms with Gasteiger partial charge in [-0.2, -0.15) is 0 Å². The molecule has 0 atom stereocenters. The average Bonchev–Trinajstić information content (AvgIpc) is 3.31. The summed E-state index contributed by atoms with van der Waals surface area (Å²) in [5.74, 6) is 1.56. The van der Waals surface area contributed by atoms with Crippen molar-refractivity contribution in [2.75, 3.05) is 58.4 Å². The molecule has 1 saturated heterocycles. The van der Waals surface area contributed by atoms with E-state index >= 15 is 0 Å². The number of carbonyl (C=O) groups excluding carboxylic acids is 1. The van der Waals surface area contributed by atoms with Crippen molar-refractivity contribution in [2.24, 2.45) is 0 Å². The molecule has 0 spiro atoms. The largest absolute Gasteiger partial charge is 0.497 e. The second-order valence-electron chi connectivity index (χ2n) is 8.90. The number of benzene rings is 2. The highest BCUT2D eigenvalue weighted by Gasteiger charge is 2.21. The van der Waals surface area contributed by atoms with Gasteiger partial charge in [0.05, 0.1) is 32.1 Å². The van der Waals surface area contributed by atoms with Crippen molar-refractivity contribution in [1.29, 1.82) is 0 Å². The molecule has 0 radical (unpaired) electrons. The Bertz CT molecular complexity index is 1120. The van der Waals surface area contributed by atoms with E-state index in [-0.39, 0.29) is 5.91 Å². The molecule has 36 heavy (non-hydrogen) atoms. The van der Waals surface area contributed by atoms with Gasteiger partial charge in [0.1, 0.15) is 11.5 Å². The number of piperazine rings is 1. The monoisotopic (exact) mass is 492 g/mol. The van der Waals surface area contributed by atoms with Gasteiger partial charge in [0.15, 0.2) is 5.69 Å². The zero-order valence-electron chi connectivity index (χ0n) is 21.4. The Labute approximate surface area is 213 Å². The molecule has 192 valence electrons. The zero-order valence-corrected chi connectivity index (χ0v) is 21.4. The normalized spacial score (nSPS) is 14.0. The van der Waals surface area contributed by atoms with Crippen molar-refractivity contribution in [2.45, 2.75) is 26.3 Å². The first-order valence-corrected chi connectivity index (χ1v) is 12.6. The maximum absolute atomic E-state index is 13.0. The molecule has 1 fully saturated rings. The molecule has 9 heteroatoms. The van der Waals surface area contributed by atoms with E-state index in [1.807, 2.05) is 47.1 Å². The van der Waals surface area contributed by atoms with E-state index < -0.39 is 0 Å². The van der Waals surface area contributed by atoms with Crippen molar-refractivity contribution in [1.82, 2.24) is 25.2 Å². The summed E-state index contributed by atoms with van der Waals surface area (Å²) in [7, 11) is 3.36. The molecule has 9 nitrogen and oxygen atoms in total. The van der Waals surface area contributed by atoms with E-state index in [2.05, 4.69) is 38.4 Å². The zero-order chi connectivity index (χ0) is 25.3. The van der Waals surface area contributed by atoms with Gasteiger partial charge in [-0.15, -0.1) is 5.10 Å². The van der Waals surface area contributed by atoms with Crippen LogP contribution in [0.2, 0.25) is 0 Å². The number of methoxy groups -OCH3 is 2. The smallest absolute Gasteiger partial charge is 0.273 e. The molecule has 1 aliphatic heterocycles. The van der Waals surface area contributed by atoms with Gasteiger partial charge < -0.3 is 19.7 Å². The van der Waals surface area contributed by atoms with E-state index in [0.717, 1.165) is 74.0 Å². The van der Waals surface area contributed by atoms with E-state index in [1.54, 1.807) is 14.2 Å². The van der Waals surface area contributed by atoms with Crippen LogP contribution in [-0.2, 0) is 13.0 Å². The lowest BCUT2D eigenvalue weighted by Crippen LogP contribution is -2.48. The Balaban J connectivity index is 1.29. The summed E-state index contributed by atoms with van der Waals surface area (Å²) in [6, 6.07) is 16.0. The van der Waals surface area contributed by atoms with Gasteiger partial charge in [0.2, 0.25) is 0 Å². The first-order chi connectivity index (χ1) is 17.6. The molecule has 0 saturated carbocycles. The molecule has 2 aromatic carbocycles. The van der Waals surface area contributed by atoms with E-state index in [9.17, 15) is 4.79 Å². The van der Waals surface area contributed by atoms with Crippen molar-refractivity contribution in [3.05, 3.63) is 65.5 Å².